The lowest BCUT2D eigenvalue weighted by Crippen LogP contribution is -2.51. The molecule has 0 aromatic heterocycles. The van der Waals surface area contributed by atoms with E-state index >= 15 is 0 Å². The highest BCUT2D eigenvalue weighted by molar-refractivity contribution is 5.86. The van der Waals surface area contributed by atoms with Crippen molar-refractivity contribution in [3.05, 3.63) is 35.4 Å². The molecule has 2 aliphatic heterocycles. The van der Waals surface area contributed by atoms with Crippen LogP contribution in [0.15, 0.2) is 24.3 Å². The summed E-state index contributed by atoms with van der Waals surface area (Å²) in [4.78, 5) is 26.3. The third-order valence-corrected chi connectivity index (χ3v) is 6.12. The van der Waals surface area contributed by atoms with E-state index in [2.05, 4.69) is 12.2 Å². The molecule has 1 fully saturated rings. The lowest BCUT2D eigenvalue weighted by molar-refractivity contribution is -0.135. The normalized spacial score (nSPS) is 29.7. The van der Waals surface area contributed by atoms with Crippen LogP contribution in [0.5, 0.6) is 11.5 Å². The van der Waals surface area contributed by atoms with Gasteiger partial charge in [0, 0.05) is 18.9 Å². The molecule has 1 saturated heterocycles. The highest BCUT2D eigenvalue weighted by Crippen LogP contribution is 2.57. The first-order chi connectivity index (χ1) is 12.2. The van der Waals surface area contributed by atoms with Crippen LogP contribution in [0.2, 0.25) is 0 Å². The molecular formula is C20H23NO4. The lowest BCUT2D eigenvalue weighted by Gasteiger charge is -2.48. The van der Waals surface area contributed by atoms with Crippen molar-refractivity contribution in [3.8, 4) is 11.5 Å². The second-order valence-corrected chi connectivity index (χ2v) is 7.03. The Morgan fingerprint density at radius 2 is 2.04 bits per heavy atom. The van der Waals surface area contributed by atoms with Crippen LogP contribution in [0.4, 0.5) is 0 Å². The van der Waals surface area contributed by atoms with Gasteiger partial charge in [0.05, 0.1) is 25.7 Å². The summed E-state index contributed by atoms with van der Waals surface area (Å²) in [6.07, 6.45) is 8.09. The van der Waals surface area contributed by atoms with Crippen LogP contribution in [-0.2, 0) is 21.5 Å². The van der Waals surface area contributed by atoms with Crippen molar-refractivity contribution in [2.24, 2.45) is 11.8 Å². The van der Waals surface area contributed by atoms with Crippen molar-refractivity contribution in [1.82, 2.24) is 4.90 Å². The van der Waals surface area contributed by atoms with E-state index < -0.39 is 0 Å². The first kappa shape index (κ1) is 16.2. The number of carbonyl (C=O) groups is 2. The van der Waals surface area contributed by atoms with Gasteiger partial charge >= 0.3 is 0 Å². The number of rotatable bonds is 4. The quantitative estimate of drug-likeness (QED) is 0.624. The van der Waals surface area contributed by atoms with Gasteiger partial charge in [0.2, 0.25) is 5.91 Å². The summed E-state index contributed by atoms with van der Waals surface area (Å²) in [5.74, 6) is 1.31. The van der Waals surface area contributed by atoms with Gasteiger partial charge in [-0.05, 0) is 42.5 Å². The summed E-state index contributed by atoms with van der Waals surface area (Å²) < 4.78 is 11.0. The van der Waals surface area contributed by atoms with Crippen molar-refractivity contribution < 1.29 is 19.1 Å². The molecule has 4 rings (SSSR count). The molecule has 3 atom stereocenters. The van der Waals surface area contributed by atoms with Gasteiger partial charge in [0.15, 0.2) is 11.5 Å². The molecular weight excluding hydrogens is 318 g/mol. The van der Waals surface area contributed by atoms with E-state index in [9.17, 15) is 9.59 Å². The zero-order valence-electron chi connectivity index (χ0n) is 14.7. The number of benzene rings is 1. The molecule has 0 bridgehead atoms. The van der Waals surface area contributed by atoms with Crippen LogP contribution in [0.25, 0.3) is 0 Å². The molecule has 1 aromatic carbocycles. The number of allylic oxidation sites excluding steroid dienone is 1. The first-order valence-corrected chi connectivity index (χ1v) is 8.84. The van der Waals surface area contributed by atoms with Gasteiger partial charge in [0.1, 0.15) is 6.29 Å². The molecule has 0 N–H and O–H groups in total. The third-order valence-electron chi connectivity index (χ3n) is 6.12. The molecule has 0 radical (unpaired) electrons. The Balaban J connectivity index is 1.92. The van der Waals surface area contributed by atoms with Crippen LogP contribution >= 0.6 is 0 Å². The number of nitrogens with zero attached hydrogens (tertiary/aromatic N) is 1. The topological polar surface area (TPSA) is 55.8 Å². The van der Waals surface area contributed by atoms with Gasteiger partial charge in [-0.3, -0.25) is 4.79 Å². The summed E-state index contributed by atoms with van der Waals surface area (Å²) in [7, 11) is 3.28. The molecule has 132 valence electrons. The maximum atomic E-state index is 13.1. The van der Waals surface area contributed by atoms with Gasteiger partial charge in [0.25, 0.3) is 0 Å². The van der Waals surface area contributed by atoms with E-state index in [0.717, 1.165) is 36.9 Å². The minimum absolute atomic E-state index is 0.0381. The average molecular weight is 341 g/mol. The molecule has 1 amide bonds. The molecule has 1 aromatic rings. The van der Waals surface area contributed by atoms with Gasteiger partial charge < -0.3 is 19.2 Å². The fourth-order valence-electron chi connectivity index (χ4n) is 5.09. The van der Waals surface area contributed by atoms with E-state index in [4.69, 9.17) is 9.47 Å². The lowest BCUT2D eigenvalue weighted by atomic mass is 9.66. The SMILES string of the molecule is COc1cc2c(cc1OC)[C@]13CCC=C[C@H]1[C@@H](CC=O)C(=O)N3CC2. The van der Waals surface area contributed by atoms with Crippen molar-refractivity contribution in [2.75, 3.05) is 20.8 Å². The maximum Gasteiger partial charge on any atom is 0.227 e. The number of amides is 1. The minimum atomic E-state index is -0.355. The second-order valence-electron chi connectivity index (χ2n) is 7.03. The van der Waals surface area contributed by atoms with Crippen LogP contribution < -0.4 is 9.47 Å². The highest BCUT2D eigenvalue weighted by Gasteiger charge is 2.60. The molecule has 0 saturated carbocycles. The van der Waals surface area contributed by atoms with Gasteiger partial charge in [-0.15, -0.1) is 0 Å². The van der Waals surface area contributed by atoms with Crippen LogP contribution in [0.1, 0.15) is 30.4 Å². The summed E-state index contributed by atoms with van der Waals surface area (Å²) >= 11 is 0. The first-order valence-electron chi connectivity index (χ1n) is 8.84. The number of ether oxygens (including phenoxy) is 2. The number of fused-ring (bicyclic) bond motifs is 1. The number of hydrogen-bond acceptors (Lipinski definition) is 4. The average Bonchev–Trinajstić information content (AvgIpc) is 2.90. The van der Waals surface area contributed by atoms with E-state index in [1.54, 1.807) is 14.2 Å². The predicted octanol–water partition coefficient (Wildman–Crippen LogP) is 2.47. The zero-order valence-corrected chi connectivity index (χ0v) is 14.7. The van der Waals surface area contributed by atoms with E-state index in [-0.39, 0.29) is 29.7 Å². The summed E-state index contributed by atoms with van der Waals surface area (Å²) in [6, 6.07) is 4.09. The Hall–Kier alpha value is -2.30. The molecule has 1 aliphatic carbocycles. The Bertz CT molecular complexity index is 756. The minimum Gasteiger partial charge on any atom is -0.493 e. The summed E-state index contributed by atoms with van der Waals surface area (Å²) in [5.41, 5.74) is 2.02. The molecule has 1 spiro atoms. The Morgan fingerprint density at radius 3 is 2.76 bits per heavy atom. The monoisotopic (exact) mass is 341 g/mol. The second kappa shape index (κ2) is 5.90. The largest absolute Gasteiger partial charge is 0.493 e. The number of methoxy groups -OCH3 is 2. The fourth-order valence-corrected chi connectivity index (χ4v) is 5.09. The molecule has 2 heterocycles. The van der Waals surface area contributed by atoms with Crippen LogP contribution in [-0.4, -0.2) is 37.9 Å². The number of hydrogen-bond donors (Lipinski definition) is 0. The third kappa shape index (κ3) is 2.08. The van der Waals surface area contributed by atoms with Gasteiger partial charge in [-0.25, -0.2) is 0 Å². The standard InChI is InChI=1S/C20H23NO4/c1-24-17-11-13-6-9-21-19(23)14(7-10-22)15-5-3-4-8-20(15,21)16(13)12-18(17)25-2/h3,5,10-12,14-15H,4,6-9H2,1-2H3/t14-,15+,20+/m1/s1. The summed E-state index contributed by atoms with van der Waals surface area (Å²) in [6.45, 7) is 0.695. The molecule has 0 unspecified atom stereocenters. The van der Waals surface area contributed by atoms with E-state index in [1.807, 2.05) is 17.0 Å². The van der Waals surface area contributed by atoms with Crippen LogP contribution in [0.3, 0.4) is 0 Å². The van der Waals surface area contributed by atoms with Crippen LogP contribution in [0, 0.1) is 11.8 Å². The maximum absolute atomic E-state index is 13.1. The predicted molar refractivity (Wildman–Crippen MR) is 92.7 cm³/mol. The Morgan fingerprint density at radius 1 is 1.28 bits per heavy atom. The van der Waals surface area contributed by atoms with E-state index in [1.165, 1.54) is 5.56 Å². The summed E-state index contributed by atoms with van der Waals surface area (Å²) in [5, 5.41) is 0. The molecule has 25 heavy (non-hydrogen) atoms. The van der Waals surface area contributed by atoms with Gasteiger partial charge in [-0.2, -0.15) is 0 Å². The molecule has 5 heteroatoms. The fraction of sp³-hybridized carbons (Fsp3) is 0.500. The number of aldehydes is 1. The molecule has 3 aliphatic rings. The number of carbonyl (C=O) groups excluding carboxylic acids is 2. The van der Waals surface area contributed by atoms with Crippen molar-refractivity contribution in [3.63, 3.8) is 0 Å². The van der Waals surface area contributed by atoms with Crippen molar-refractivity contribution >= 4 is 12.2 Å². The Kier molecular flexibility index (Phi) is 3.82. The molecule has 5 nitrogen and oxygen atoms in total. The van der Waals surface area contributed by atoms with Gasteiger partial charge in [-0.1, -0.05) is 12.2 Å². The highest BCUT2D eigenvalue weighted by atomic mass is 16.5. The zero-order chi connectivity index (χ0) is 17.6. The van der Waals surface area contributed by atoms with E-state index in [0.29, 0.717) is 12.3 Å². The Labute approximate surface area is 147 Å². The smallest absolute Gasteiger partial charge is 0.227 e. The van der Waals surface area contributed by atoms with Crippen molar-refractivity contribution in [1.29, 1.82) is 0 Å². The van der Waals surface area contributed by atoms with Crippen molar-refractivity contribution in [2.45, 2.75) is 31.2 Å².